The molecule has 0 unspecified atom stereocenters. The molecule has 4 rings (SSSR count). The minimum absolute atomic E-state index is 0.264. The Morgan fingerprint density at radius 2 is 1.00 bits per heavy atom. The molecule has 2 aromatic heterocycles. The van der Waals surface area contributed by atoms with Crippen molar-refractivity contribution in [3.05, 3.63) is 22.9 Å². The predicted molar refractivity (Wildman–Crippen MR) is 142 cm³/mol. The third-order valence-corrected chi connectivity index (χ3v) is 7.92. The third-order valence-electron chi connectivity index (χ3n) is 7.92. The largest absolute Gasteiger partial charge is 0.500 e. The SMILES string of the molecule is Cc1noc(C(C)C)c1B1OC(C)(C)C(C)(C)O1.Cc1onc(C(C)C)c1B1OC(C)(C)C(C)(C)O1. The monoisotopic (exact) mass is 502 g/mol. The van der Waals surface area contributed by atoms with E-state index in [1.165, 1.54) is 0 Å². The van der Waals surface area contributed by atoms with Crippen LogP contribution in [0.3, 0.4) is 0 Å². The minimum Gasteiger partial charge on any atom is -0.399 e. The fourth-order valence-electron chi connectivity index (χ4n) is 4.12. The number of nitrogens with zero attached hydrogens (tertiary/aromatic N) is 2. The van der Waals surface area contributed by atoms with Gasteiger partial charge in [-0.1, -0.05) is 38.0 Å². The normalized spacial score (nSPS) is 21.9. The van der Waals surface area contributed by atoms with Crippen molar-refractivity contribution in [1.29, 1.82) is 0 Å². The standard InChI is InChI=1S/2C13H22BNO3/c1-8(2)11-10(9(3)16-15-11)14-17-12(4,5)13(6,7)18-14;1-8(2)11-10(9(3)15-16-11)14-17-12(4,5)13(6,7)18-14/h2*8H,1-7H3. The molecule has 2 saturated heterocycles. The Bertz CT molecular complexity index is 954. The van der Waals surface area contributed by atoms with Crippen LogP contribution >= 0.6 is 0 Å². The second kappa shape index (κ2) is 9.61. The van der Waals surface area contributed by atoms with E-state index in [4.69, 9.17) is 27.7 Å². The van der Waals surface area contributed by atoms with Crippen LogP contribution in [-0.2, 0) is 18.6 Å². The van der Waals surface area contributed by atoms with E-state index >= 15 is 0 Å². The van der Waals surface area contributed by atoms with E-state index < -0.39 is 14.2 Å². The molecular formula is C26H44B2N2O6. The maximum atomic E-state index is 6.06. The van der Waals surface area contributed by atoms with Crippen LogP contribution in [0, 0.1) is 13.8 Å². The van der Waals surface area contributed by atoms with Crippen LogP contribution < -0.4 is 10.9 Å². The fourth-order valence-corrected chi connectivity index (χ4v) is 4.12. The summed E-state index contributed by atoms with van der Waals surface area (Å²) in [6, 6.07) is 0. The van der Waals surface area contributed by atoms with Gasteiger partial charge < -0.3 is 27.7 Å². The summed E-state index contributed by atoms with van der Waals surface area (Å²) in [7, 11) is -0.780. The van der Waals surface area contributed by atoms with Gasteiger partial charge in [-0.2, -0.15) is 0 Å². The first kappa shape index (κ1) is 29.0. The van der Waals surface area contributed by atoms with Crippen LogP contribution in [0.25, 0.3) is 0 Å². The van der Waals surface area contributed by atoms with Crippen LogP contribution in [0.15, 0.2) is 9.05 Å². The first-order valence-electron chi connectivity index (χ1n) is 12.9. The van der Waals surface area contributed by atoms with E-state index in [9.17, 15) is 0 Å². The highest BCUT2D eigenvalue weighted by Gasteiger charge is 2.54. The highest BCUT2D eigenvalue weighted by molar-refractivity contribution is 6.63. The van der Waals surface area contributed by atoms with Gasteiger partial charge in [-0.25, -0.2) is 0 Å². The predicted octanol–water partition coefficient (Wildman–Crippen LogP) is 4.81. The van der Waals surface area contributed by atoms with Crippen molar-refractivity contribution in [3.8, 4) is 0 Å². The number of aryl methyl sites for hydroxylation is 2. The first-order valence-corrected chi connectivity index (χ1v) is 12.9. The van der Waals surface area contributed by atoms with Gasteiger partial charge in [0.15, 0.2) is 0 Å². The van der Waals surface area contributed by atoms with Gasteiger partial charge in [0.25, 0.3) is 0 Å². The van der Waals surface area contributed by atoms with Crippen LogP contribution in [0.5, 0.6) is 0 Å². The molecule has 0 aromatic carbocycles. The van der Waals surface area contributed by atoms with Gasteiger partial charge in [-0.15, -0.1) is 0 Å². The van der Waals surface area contributed by atoms with Crippen molar-refractivity contribution in [3.63, 3.8) is 0 Å². The summed E-state index contributed by atoms with van der Waals surface area (Å²) in [6.45, 7) is 28.5. The molecule has 8 nitrogen and oxygen atoms in total. The molecule has 0 amide bonds. The number of hydrogen-bond donors (Lipinski definition) is 0. The molecule has 0 atom stereocenters. The highest BCUT2D eigenvalue weighted by Crippen LogP contribution is 2.38. The molecule has 0 N–H and O–H groups in total. The summed E-state index contributed by atoms with van der Waals surface area (Å²) in [6.07, 6.45) is 0. The van der Waals surface area contributed by atoms with E-state index in [0.29, 0.717) is 0 Å². The summed E-state index contributed by atoms with van der Waals surface area (Å²) in [5, 5.41) is 8.16. The average molecular weight is 502 g/mol. The van der Waals surface area contributed by atoms with Gasteiger partial charge in [0.2, 0.25) is 0 Å². The Labute approximate surface area is 217 Å². The lowest BCUT2D eigenvalue weighted by Crippen LogP contribution is -2.41. The third kappa shape index (κ3) is 5.19. The highest BCUT2D eigenvalue weighted by atomic mass is 16.7. The lowest BCUT2D eigenvalue weighted by Gasteiger charge is -2.32. The molecule has 0 saturated carbocycles. The minimum atomic E-state index is -0.390. The molecule has 2 aliphatic heterocycles. The Balaban J connectivity index is 0.000000201. The number of rotatable bonds is 4. The van der Waals surface area contributed by atoms with Gasteiger partial charge in [0.05, 0.1) is 33.8 Å². The summed E-state index contributed by atoms with van der Waals surface area (Å²) in [5.74, 6) is 2.18. The van der Waals surface area contributed by atoms with E-state index in [1.54, 1.807) is 0 Å². The Morgan fingerprint density at radius 1 is 0.583 bits per heavy atom. The summed E-state index contributed by atoms with van der Waals surface area (Å²) in [4.78, 5) is 0. The molecule has 2 aliphatic rings. The van der Waals surface area contributed by atoms with Gasteiger partial charge in [-0.05, 0) is 75.2 Å². The van der Waals surface area contributed by atoms with Crippen molar-refractivity contribution < 1.29 is 27.7 Å². The van der Waals surface area contributed by atoms with Crippen LogP contribution in [0.4, 0.5) is 0 Å². The molecule has 0 spiro atoms. The second-order valence-electron chi connectivity index (χ2n) is 12.6. The molecule has 0 aliphatic carbocycles. The van der Waals surface area contributed by atoms with Gasteiger partial charge >= 0.3 is 14.2 Å². The van der Waals surface area contributed by atoms with Crippen molar-refractivity contribution in [2.24, 2.45) is 0 Å². The van der Waals surface area contributed by atoms with Crippen LogP contribution in [0.2, 0.25) is 0 Å². The Hall–Kier alpha value is -1.61. The van der Waals surface area contributed by atoms with E-state index in [-0.39, 0.29) is 34.2 Å². The lowest BCUT2D eigenvalue weighted by molar-refractivity contribution is 0.00578. The zero-order chi connectivity index (χ0) is 27.4. The zero-order valence-electron chi connectivity index (χ0n) is 24.7. The fraction of sp³-hybridized carbons (Fsp3) is 0.769. The number of aromatic nitrogens is 2. The van der Waals surface area contributed by atoms with Gasteiger partial charge in [0.1, 0.15) is 11.5 Å². The smallest absolute Gasteiger partial charge is 0.399 e. The van der Waals surface area contributed by atoms with Crippen molar-refractivity contribution in [2.75, 3.05) is 0 Å². The first-order chi connectivity index (χ1) is 16.3. The molecule has 0 bridgehead atoms. The molecule has 0 radical (unpaired) electrons. The molecule has 4 heterocycles. The Morgan fingerprint density at radius 3 is 1.39 bits per heavy atom. The molecule has 36 heavy (non-hydrogen) atoms. The Kier molecular flexibility index (Phi) is 7.73. The van der Waals surface area contributed by atoms with Crippen molar-refractivity contribution in [2.45, 2.75) is 131 Å². The van der Waals surface area contributed by atoms with Gasteiger partial charge in [-0.3, -0.25) is 0 Å². The molecule has 10 heteroatoms. The summed E-state index contributed by atoms with van der Waals surface area (Å²) < 4.78 is 34.9. The van der Waals surface area contributed by atoms with E-state index in [1.807, 2.05) is 69.2 Å². The van der Waals surface area contributed by atoms with E-state index in [0.717, 1.165) is 33.8 Å². The van der Waals surface area contributed by atoms with Crippen molar-refractivity contribution >= 4 is 25.2 Å². The quantitative estimate of drug-likeness (QED) is 0.551. The molecular weight excluding hydrogens is 458 g/mol. The average Bonchev–Trinajstić information content (AvgIpc) is 3.39. The van der Waals surface area contributed by atoms with E-state index in [2.05, 4.69) is 38.0 Å². The molecule has 2 fully saturated rings. The van der Waals surface area contributed by atoms with Gasteiger partial charge in [0, 0.05) is 16.8 Å². The second-order valence-corrected chi connectivity index (χ2v) is 12.6. The van der Waals surface area contributed by atoms with Crippen LogP contribution in [0.1, 0.15) is 118 Å². The maximum Gasteiger partial charge on any atom is 0.500 e. The number of hydrogen-bond acceptors (Lipinski definition) is 8. The topological polar surface area (TPSA) is 89.0 Å². The lowest BCUT2D eigenvalue weighted by atomic mass is 9.75. The van der Waals surface area contributed by atoms with Crippen LogP contribution in [-0.4, -0.2) is 47.0 Å². The summed E-state index contributed by atoms with van der Waals surface area (Å²) in [5.41, 5.74) is 2.31. The molecule has 200 valence electrons. The zero-order valence-corrected chi connectivity index (χ0v) is 24.7. The summed E-state index contributed by atoms with van der Waals surface area (Å²) >= 11 is 0. The van der Waals surface area contributed by atoms with Crippen molar-refractivity contribution in [1.82, 2.24) is 10.3 Å². The maximum absolute atomic E-state index is 6.06. The molecule has 2 aromatic rings.